The molecular weight excluding hydrogens is 327 g/mol. The molecule has 0 radical (unpaired) electrons. The highest BCUT2D eigenvalue weighted by Gasteiger charge is 2.29. The minimum atomic E-state index is -6.00. The number of halogens is 4. The van der Waals surface area contributed by atoms with Crippen LogP contribution in [-0.2, 0) is 24.1 Å². The SMILES string of the molecule is Cn1cc[n+](C)c1S(=O)(=O)NC[C@@H]1CCCN1.F[B-](F)(F)F. The van der Waals surface area contributed by atoms with Crippen LogP contribution in [0.5, 0.6) is 0 Å². The van der Waals surface area contributed by atoms with Crippen molar-refractivity contribution in [2.75, 3.05) is 13.1 Å². The first-order chi connectivity index (χ1) is 10.0. The predicted molar refractivity (Wildman–Crippen MR) is 73.0 cm³/mol. The van der Waals surface area contributed by atoms with E-state index in [0.29, 0.717) is 6.54 Å². The Morgan fingerprint density at radius 2 is 2.05 bits per heavy atom. The summed E-state index contributed by atoms with van der Waals surface area (Å²) in [5, 5.41) is 3.54. The number of hydrogen-bond donors (Lipinski definition) is 2. The van der Waals surface area contributed by atoms with Crippen LogP contribution in [0.1, 0.15) is 12.8 Å². The minimum Gasteiger partial charge on any atom is -0.418 e. The van der Waals surface area contributed by atoms with Crippen LogP contribution in [0.3, 0.4) is 0 Å². The normalized spacial score (nSPS) is 18.9. The van der Waals surface area contributed by atoms with Gasteiger partial charge in [0.25, 0.3) is 0 Å². The predicted octanol–water partition coefficient (Wildman–Crippen LogP) is 0.180. The van der Waals surface area contributed by atoms with Crippen molar-refractivity contribution in [3.8, 4) is 0 Å². The number of sulfonamides is 1. The molecule has 6 nitrogen and oxygen atoms in total. The van der Waals surface area contributed by atoms with Gasteiger partial charge in [0.2, 0.25) is 0 Å². The van der Waals surface area contributed by atoms with E-state index in [9.17, 15) is 25.7 Å². The first kappa shape index (κ1) is 18.9. The zero-order chi connectivity index (χ0) is 17.0. The molecule has 1 aliphatic heterocycles. The van der Waals surface area contributed by atoms with Crippen LogP contribution in [0.25, 0.3) is 0 Å². The fraction of sp³-hybridized carbons (Fsp3) is 0.700. The Kier molecular flexibility index (Phi) is 6.38. The summed E-state index contributed by atoms with van der Waals surface area (Å²) in [4.78, 5) is 0. The average Bonchev–Trinajstić information content (AvgIpc) is 2.95. The lowest BCUT2D eigenvalue weighted by Gasteiger charge is -2.10. The van der Waals surface area contributed by atoms with Crippen molar-refractivity contribution in [1.29, 1.82) is 0 Å². The van der Waals surface area contributed by atoms with Gasteiger partial charge in [-0.1, -0.05) is 0 Å². The molecule has 1 fully saturated rings. The third kappa shape index (κ3) is 6.32. The topological polar surface area (TPSA) is 67.0 Å². The van der Waals surface area contributed by atoms with E-state index in [1.54, 1.807) is 35.6 Å². The Morgan fingerprint density at radius 3 is 2.45 bits per heavy atom. The summed E-state index contributed by atoms with van der Waals surface area (Å²) in [6.45, 7) is 1.43. The van der Waals surface area contributed by atoms with Gasteiger partial charge in [0.1, 0.15) is 12.4 Å². The summed E-state index contributed by atoms with van der Waals surface area (Å²) in [5.74, 6) is 0. The quantitative estimate of drug-likeness (QED) is 0.464. The number of hydrogen-bond acceptors (Lipinski definition) is 3. The first-order valence-electron chi connectivity index (χ1n) is 6.62. The van der Waals surface area contributed by atoms with Crippen LogP contribution >= 0.6 is 0 Å². The highest BCUT2D eigenvalue weighted by Crippen LogP contribution is 2.07. The number of aromatic nitrogens is 2. The van der Waals surface area contributed by atoms with Crippen molar-refractivity contribution >= 4 is 17.3 Å². The van der Waals surface area contributed by atoms with E-state index in [1.807, 2.05) is 0 Å². The summed E-state index contributed by atoms with van der Waals surface area (Å²) in [6.07, 6.45) is 5.59. The van der Waals surface area contributed by atoms with E-state index in [-0.39, 0.29) is 11.2 Å². The molecule has 2 rings (SSSR count). The van der Waals surface area contributed by atoms with Crippen LogP contribution < -0.4 is 14.6 Å². The van der Waals surface area contributed by atoms with Gasteiger partial charge in [-0.25, -0.2) is 13.9 Å². The number of aryl methyl sites for hydroxylation is 2. The Morgan fingerprint density at radius 1 is 1.45 bits per heavy atom. The van der Waals surface area contributed by atoms with Crippen LogP contribution in [-0.4, -0.2) is 39.4 Å². The van der Waals surface area contributed by atoms with Crippen molar-refractivity contribution in [1.82, 2.24) is 14.6 Å². The molecule has 1 saturated heterocycles. The second-order valence-corrected chi connectivity index (χ2v) is 6.60. The van der Waals surface area contributed by atoms with Gasteiger partial charge in [-0.15, -0.1) is 0 Å². The molecule has 1 atom stereocenters. The zero-order valence-corrected chi connectivity index (χ0v) is 13.1. The molecule has 0 saturated carbocycles. The van der Waals surface area contributed by atoms with E-state index in [1.165, 1.54) is 0 Å². The largest absolute Gasteiger partial charge is 0.673 e. The average molecular weight is 346 g/mol. The summed E-state index contributed by atoms with van der Waals surface area (Å²) >= 11 is 0. The van der Waals surface area contributed by atoms with Crippen LogP contribution in [0, 0.1) is 0 Å². The molecule has 2 N–H and O–H groups in total. The van der Waals surface area contributed by atoms with Gasteiger partial charge in [0.15, 0.2) is 0 Å². The van der Waals surface area contributed by atoms with Crippen LogP contribution in [0.4, 0.5) is 17.3 Å². The Labute approximate surface area is 126 Å². The van der Waals surface area contributed by atoms with E-state index >= 15 is 0 Å². The molecule has 0 bridgehead atoms. The summed E-state index contributed by atoms with van der Waals surface area (Å²) < 4.78 is 69.1. The molecule has 22 heavy (non-hydrogen) atoms. The van der Waals surface area contributed by atoms with E-state index < -0.39 is 17.3 Å². The maximum Gasteiger partial charge on any atom is 0.673 e. The van der Waals surface area contributed by atoms with Gasteiger partial charge in [-0.3, -0.25) is 0 Å². The van der Waals surface area contributed by atoms with E-state index in [2.05, 4.69) is 10.0 Å². The fourth-order valence-corrected chi connectivity index (χ4v) is 3.59. The van der Waals surface area contributed by atoms with Crippen molar-refractivity contribution in [3.63, 3.8) is 0 Å². The standard InChI is InChI=1S/C10H19N4O2S.BF4/c1-13-6-7-14(2)10(13)17(15,16)12-8-9-4-3-5-11-9;2-1(3,4)5/h6-7,9,11-12H,3-5,8H2,1-2H3;/q+1;-1/t9-;/m0./s1. The van der Waals surface area contributed by atoms with Crippen LogP contribution in [0.2, 0.25) is 0 Å². The highest BCUT2D eigenvalue weighted by molar-refractivity contribution is 7.89. The lowest BCUT2D eigenvalue weighted by atomic mass is 10.2. The van der Waals surface area contributed by atoms with Gasteiger partial charge in [-0.2, -0.15) is 8.42 Å². The van der Waals surface area contributed by atoms with Crippen molar-refractivity contribution in [3.05, 3.63) is 12.4 Å². The molecule has 0 aliphatic carbocycles. The molecule has 12 heteroatoms. The summed E-state index contributed by atoms with van der Waals surface area (Å²) in [7, 11) is -5.98. The van der Waals surface area contributed by atoms with Gasteiger partial charge in [0, 0.05) is 12.6 Å². The molecule has 0 amide bonds. The summed E-state index contributed by atoms with van der Waals surface area (Å²) in [5.41, 5.74) is 0. The second-order valence-electron chi connectivity index (χ2n) is 4.94. The molecule has 0 aromatic carbocycles. The third-order valence-electron chi connectivity index (χ3n) is 3.04. The first-order valence-corrected chi connectivity index (χ1v) is 8.10. The zero-order valence-electron chi connectivity index (χ0n) is 12.3. The van der Waals surface area contributed by atoms with Crippen LogP contribution in [0.15, 0.2) is 17.6 Å². The lowest BCUT2D eigenvalue weighted by molar-refractivity contribution is -0.710. The molecule has 0 spiro atoms. The van der Waals surface area contributed by atoms with Crippen molar-refractivity contribution < 1.29 is 30.2 Å². The van der Waals surface area contributed by atoms with Crippen molar-refractivity contribution in [2.24, 2.45) is 14.1 Å². The molecule has 1 aromatic rings. The van der Waals surface area contributed by atoms with E-state index in [4.69, 9.17) is 0 Å². The number of imidazole rings is 1. The molecule has 128 valence electrons. The maximum atomic E-state index is 12.1. The Balaban J connectivity index is 0.000000422. The fourth-order valence-electron chi connectivity index (χ4n) is 2.16. The van der Waals surface area contributed by atoms with Crippen molar-refractivity contribution in [2.45, 2.75) is 24.0 Å². The smallest absolute Gasteiger partial charge is 0.418 e. The third-order valence-corrected chi connectivity index (χ3v) is 4.64. The highest BCUT2D eigenvalue weighted by atomic mass is 32.2. The molecule has 0 unspecified atom stereocenters. The lowest BCUT2D eigenvalue weighted by Crippen LogP contribution is -2.43. The minimum absolute atomic E-state index is 0.260. The summed E-state index contributed by atoms with van der Waals surface area (Å²) in [6, 6.07) is 0.260. The Hall–Kier alpha value is -1.14. The molecule has 2 heterocycles. The molecule has 1 aromatic heterocycles. The Bertz CT molecular complexity index is 559. The molecular formula is C10H19BF4N4O2S. The van der Waals surface area contributed by atoms with Gasteiger partial charge >= 0.3 is 22.4 Å². The van der Waals surface area contributed by atoms with Gasteiger partial charge in [0.05, 0.1) is 14.1 Å². The number of rotatable bonds is 4. The number of nitrogens with zero attached hydrogens (tertiary/aromatic N) is 2. The van der Waals surface area contributed by atoms with Gasteiger partial charge in [-0.05, 0) is 19.4 Å². The van der Waals surface area contributed by atoms with Gasteiger partial charge < -0.3 is 22.6 Å². The molecule has 1 aliphatic rings. The second kappa shape index (κ2) is 7.42. The van der Waals surface area contributed by atoms with E-state index in [0.717, 1.165) is 19.4 Å². The number of nitrogens with one attached hydrogen (secondary N) is 2. The monoisotopic (exact) mass is 346 g/mol. The maximum absolute atomic E-state index is 12.1.